The van der Waals surface area contributed by atoms with Crippen LogP contribution in [0, 0.1) is 6.92 Å². The molecule has 6 nitrogen and oxygen atoms in total. The van der Waals surface area contributed by atoms with Crippen LogP contribution in [-0.2, 0) is 10.0 Å². The van der Waals surface area contributed by atoms with Gasteiger partial charge in [-0.05, 0) is 37.5 Å². The number of likely N-dealkylation sites (tertiary alicyclic amines) is 1. The van der Waals surface area contributed by atoms with Gasteiger partial charge in [0, 0.05) is 36.9 Å². The highest BCUT2D eigenvalue weighted by atomic mass is 32.2. The van der Waals surface area contributed by atoms with E-state index < -0.39 is 10.0 Å². The number of hydrogen-bond donors (Lipinski definition) is 1. The van der Waals surface area contributed by atoms with Gasteiger partial charge in [-0.25, -0.2) is 8.42 Å². The summed E-state index contributed by atoms with van der Waals surface area (Å²) in [6, 6.07) is 5.31. The second-order valence-corrected chi connectivity index (χ2v) is 8.00. The van der Waals surface area contributed by atoms with E-state index in [2.05, 4.69) is 0 Å². The third-order valence-corrected chi connectivity index (χ3v) is 5.80. The predicted molar refractivity (Wildman–Crippen MR) is 91.7 cm³/mol. The van der Waals surface area contributed by atoms with Crippen molar-refractivity contribution in [1.82, 2.24) is 9.21 Å². The van der Waals surface area contributed by atoms with Crippen molar-refractivity contribution in [2.45, 2.75) is 32.7 Å². The SMILES string of the molecule is CCN(C1CCN(C(=O)c2cc(N)ccc2C)CC1)S(C)(=O)=O. The molecule has 1 saturated heterocycles. The van der Waals surface area contributed by atoms with E-state index in [1.165, 1.54) is 10.6 Å². The zero-order chi connectivity index (χ0) is 17.2. The number of amides is 1. The Morgan fingerprint density at radius 2 is 1.96 bits per heavy atom. The maximum atomic E-state index is 12.7. The highest BCUT2D eigenvalue weighted by Gasteiger charge is 2.31. The molecule has 1 aliphatic heterocycles. The van der Waals surface area contributed by atoms with Crippen molar-refractivity contribution in [2.75, 3.05) is 31.6 Å². The van der Waals surface area contributed by atoms with Crippen molar-refractivity contribution in [3.63, 3.8) is 0 Å². The highest BCUT2D eigenvalue weighted by Crippen LogP contribution is 2.22. The van der Waals surface area contributed by atoms with Crippen LogP contribution in [0.25, 0.3) is 0 Å². The van der Waals surface area contributed by atoms with E-state index in [1.54, 1.807) is 17.0 Å². The molecule has 0 atom stereocenters. The average molecular weight is 339 g/mol. The minimum absolute atomic E-state index is 0.0269. The van der Waals surface area contributed by atoms with E-state index in [4.69, 9.17) is 5.73 Å². The lowest BCUT2D eigenvalue weighted by molar-refractivity contribution is 0.0680. The van der Waals surface area contributed by atoms with Crippen molar-refractivity contribution < 1.29 is 13.2 Å². The summed E-state index contributed by atoms with van der Waals surface area (Å²) in [5, 5.41) is 0. The molecule has 23 heavy (non-hydrogen) atoms. The van der Waals surface area contributed by atoms with Crippen LogP contribution in [0.1, 0.15) is 35.7 Å². The van der Waals surface area contributed by atoms with Crippen LogP contribution >= 0.6 is 0 Å². The molecule has 0 aliphatic carbocycles. The van der Waals surface area contributed by atoms with Gasteiger partial charge in [-0.2, -0.15) is 4.31 Å². The van der Waals surface area contributed by atoms with Gasteiger partial charge in [-0.3, -0.25) is 4.79 Å². The van der Waals surface area contributed by atoms with E-state index in [9.17, 15) is 13.2 Å². The molecule has 1 aliphatic rings. The number of nitrogen functional groups attached to an aromatic ring is 1. The van der Waals surface area contributed by atoms with Crippen LogP contribution in [0.2, 0.25) is 0 Å². The number of anilines is 1. The molecule has 0 saturated carbocycles. The number of rotatable bonds is 4. The van der Waals surface area contributed by atoms with Gasteiger partial charge >= 0.3 is 0 Å². The van der Waals surface area contributed by atoms with Crippen molar-refractivity contribution >= 4 is 21.6 Å². The summed E-state index contributed by atoms with van der Waals surface area (Å²) in [5.41, 5.74) is 7.88. The molecule has 0 spiro atoms. The fourth-order valence-corrected chi connectivity index (χ4v) is 4.38. The number of nitrogens with zero attached hydrogens (tertiary/aromatic N) is 2. The van der Waals surface area contributed by atoms with E-state index in [1.807, 2.05) is 19.9 Å². The fourth-order valence-electron chi connectivity index (χ4n) is 3.16. The molecule has 1 heterocycles. The normalized spacial score (nSPS) is 16.8. The molecule has 2 rings (SSSR count). The molecular weight excluding hydrogens is 314 g/mol. The Morgan fingerprint density at radius 3 is 2.48 bits per heavy atom. The molecule has 128 valence electrons. The van der Waals surface area contributed by atoms with E-state index in [0.29, 0.717) is 43.7 Å². The summed E-state index contributed by atoms with van der Waals surface area (Å²) in [6.45, 7) is 5.32. The van der Waals surface area contributed by atoms with Crippen LogP contribution in [0.5, 0.6) is 0 Å². The lowest BCUT2D eigenvalue weighted by atomic mass is 10.0. The summed E-state index contributed by atoms with van der Waals surface area (Å²) in [7, 11) is -3.20. The predicted octanol–water partition coefficient (Wildman–Crippen LogP) is 1.46. The van der Waals surface area contributed by atoms with E-state index in [0.717, 1.165) is 5.56 Å². The molecule has 1 amide bonds. The Labute approximate surface area is 138 Å². The van der Waals surface area contributed by atoms with Gasteiger partial charge in [-0.15, -0.1) is 0 Å². The summed E-state index contributed by atoms with van der Waals surface area (Å²) in [5.74, 6) is -0.0318. The summed E-state index contributed by atoms with van der Waals surface area (Å²) in [4.78, 5) is 14.4. The first-order valence-corrected chi connectivity index (χ1v) is 9.71. The molecule has 0 bridgehead atoms. The average Bonchev–Trinajstić information content (AvgIpc) is 2.49. The van der Waals surface area contributed by atoms with E-state index in [-0.39, 0.29) is 11.9 Å². The molecule has 0 aromatic heterocycles. The molecule has 1 aromatic rings. The van der Waals surface area contributed by atoms with Gasteiger partial charge in [0.15, 0.2) is 0 Å². The van der Waals surface area contributed by atoms with Crippen LogP contribution < -0.4 is 5.73 Å². The molecule has 7 heteroatoms. The summed E-state index contributed by atoms with van der Waals surface area (Å²) >= 11 is 0. The Balaban J connectivity index is 2.07. The number of aryl methyl sites for hydroxylation is 1. The standard InChI is InChI=1S/C16H25N3O3S/c1-4-19(23(3,21)22)14-7-9-18(10-8-14)16(20)15-11-13(17)6-5-12(15)2/h5-6,11,14H,4,7-10,17H2,1-3H3. The number of nitrogens with two attached hydrogens (primary N) is 1. The molecule has 0 radical (unpaired) electrons. The fraction of sp³-hybridized carbons (Fsp3) is 0.562. The number of hydrogen-bond acceptors (Lipinski definition) is 4. The smallest absolute Gasteiger partial charge is 0.254 e. The third-order valence-electron chi connectivity index (χ3n) is 4.39. The molecule has 2 N–H and O–H groups in total. The Hall–Kier alpha value is -1.60. The second kappa shape index (κ2) is 6.88. The lowest BCUT2D eigenvalue weighted by Crippen LogP contribution is -2.48. The highest BCUT2D eigenvalue weighted by molar-refractivity contribution is 7.88. The van der Waals surface area contributed by atoms with E-state index >= 15 is 0 Å². The van der Waals surface area contributed by atoms with Gasteiger partial charge < -0.3 is 10.6 Å². The van der Waals surface area contributed by atoms with Crippen LogP contribution in [0.15, 0.2) is 18.2 Å². The maximum Gasteiger partial charge on any atom is 0.254 e. The van der Waals surface area contributed by atoms with Crippen molar-refractivity contribution in [2.24, 2.45) is 0 Å². The van der Waals surface area contributed by atoms with Crippen LogP contribution in [0.3, 0.4) is 0 Å². The number of carbonyl (C=O) groups excluding carboxylic acids is 1. The Kier molecular flexibility index (Phi) is 5.31. The van der Waals surface area contributed by atoms with Gasteiger partial charge in [0.25, 0.3) is 5.91 Å². The monoisotopic (exact) mass is 339 g/mol. The zero-order valence-corrected chi connectivity index (χ0v) is 14.8. The van der Waals surface area contributed by atoms with Gasteiger partial charge in [0.1, 0.15) is 0 Å². The Bertz CT molecular complexity index is 680. The lowest BCUT2D eigenvalue weighted by Gasteiger charge is -2.37. The van der Waals surface area contributed by atoms with Crippen LogP contribution in [0.4, 0.5) is 5.69 Å². The first kappa shape index (κ1) is 17.7. The largest absolute Gasteiger partial charge is 0.399 e. The van der Waals surface area contributed by atoms with Gasteiger partial charge in [-0.1, -0.05) is 13.0 Å². The molecule has 1 aromatic carbocycles. The number of sulfonamides is 1. The minimum Gasteiger partial charge on any atom is -0.399 e. The number of piperidine rings is 1. The summed E-state index contributed by atoms with van der Waals surface area (Å²) < 4.78 is 25.2. The first-order chi connectivity index (χ1) is 10.7. The summed E-state index contributed by atoms with van der Waals surface area (Å²) in [6.07, 6.45) is 2.56. The molecule has 0 unspecified atom stereocenters. The van der Waals surface area contributed by atoms with Crippen LogP contribution in [-0.4, -0.2) is 55.5 Å². The first-order valence-electron chi connectivity index (χ1n) is 7.86. The third kappa shape index (κ3) is 4.03. The minimum atomic E-state index is -3.20. The number of benzene rings is 1. The second-order valence-electron chi connectivity index (χ2n) is 6.06. The molecule has 1 fully saturated rings. The Morgan fingerprint density at radius 1 is 1.35 bits per heavy atom. The maximum absolute atomic E-state index is 12.7. The van der Waals surface area contributed by atoms with Crippen molar-refractivity contribution in [1.29, 1.82) is 0 Å². The zero-order valence-electron chi connectivity index (χ0n) is 13.9. The topological polar surface area (TPSA) is 83.7 Å². The van der Waals surface area contributed by atoms with Crippen molar-refractivity contribution in [3.8, 4) is 0 Å². The molecular formula is C16H25N3O3S. The van der Waals surface area contributed by atoms with Gasteiger partial charge in [0.05, 0.1) is 6.26 Å². The quantitative estimate of drug-likeness (QED) is 0.842. The van der Waals surface area contributed by atoms with Crippen molar-refractivity contribution in [3.05, 3.63) is 29.3 Å². The van der Waals surface area contributed by atoms with Gasteiger partial charge in [0.2, 0.25) is 10.0 Å². The number of carbonyl (C=O) groups is 1.